The van der Waals surface area contributed by atoms with Gasteiger partial charge in [-0.2, -0.15) is 11.8 Å². The molecule has 0 bridgehead atoms. The van der Waals surface area contributed by atoms with E-state index >= 15 is 0 Å². The fraction of sp³-hybridized carbons (Fsp3) is 0.591. The van der Waals surface area contributed by atoms with E-state index in [2.05, 4.69) is 10.2 Å². The van der Waals surface area contributed by atoms with Crippen LogP contribution in [0.2, 0.25) is 0 Å². The van der Waals surface area contributed by atoms with Crippen LogP contribution in [0.3, 0.4) is 0 Å². The highest BCUT2D eigenvalue weighted by atomic mass is 32.2. The number of thioether (sulfide) groups is 1. The summed E-state index contributed by atoms with van der Waals surface area (Å²) < 4.78 is 5.37. The van der Waals surface area contributed by atoms with Gasteiger partial charge in [-0.25, -0.2) is 4.79 Å². The zero-order valence-corrected chi connectivity index (χ0v) is 19.9. The van der Waals surface area contributed by atoms with Gasteiger partial charge in [0.1, 0.15) is 25.3 Å². The predicted octanol–water partition coefficient (Wildman–Crippen LogP) is 1.53. The van der Waals surface area contributed by atoms with Gasteiger partial charge in [0.05, 0.1) is 6.04 Å². The Labute approximate surface area is 202 Å². The van der Waals surface area contributed by atoms with Crippen LogP contribution in [0.15, 0.2) is 30.3 Å². The van der Waals surface area contributed by atoms with E-state index in [1.165, 1.54) is 16.7 Å². The maximum absolute atomic E-state index is 12.9. The topological polar surface area (TPSA) is 148 Å². The quantitative estimate of drug-likeness (QED) is 0.158. The van der Waals surface area contributed by atoms with Crippen LogP contribution >= 0.6 is 11.8 Å². The lowest BCUT2D eigenvalue weighted by molar-refractivity contribution is -0.756. The number of aryl methyl sites for hydroxylation is 1. The Hall–Kier alpha value is -2.86. The summed E-state index contributed by atoms with van der Waals surface area (Å²) in [7, 11) is 0. The SMILES string of the molecule is CC(NC(CCc1ccccc1)C(=O)OCCSCCO[N+](=O)[O-])C(=O)N1CCCC1C(=O)O. The number of likely N-dealkylation sites (tertiary alicyclic amines) is 1. The van der Waals surface area contributed by atoms with Crippen molar-refractivity contribution >= 4 is 29.6 Å². The van der Waals surface area contributed by atoms with Crippen molar-refractivity contribution in [1.29, 1.82) is 0 Å². The molecular weight excluding hydrogens is 466 g/mol. The Morgan fingerprint density at radius 1 is 1.26 bits per heavy atom. The van der Waals surface area contributed by atoms with Gasteiger partial charge >= 0.3 is 11.9 Å². The van der Waals surface area contributed by atoms with E-state index in [9.17, 15) is 29.6 Å². The van der Waals surface area contributed by atoms with Crippen LogP contribution < -0.4 is 5.32 Å². The number of ether oxygens (including phenoxy) is 1. The summed E-state index contributed by atoms with van der Waals surface area (Å²) in [5.41, 5.74) is 1.04. The molecule has 188 valence electrons. The molecule has 3 unspecified atom stereocenters. The van der Waals surface area contributed by atoms with Crippen molar-refractivity contribution in [2.24, 2.45) is 0 Å². The minimum absolute atomic E-state index is 0.0413. The molecule has 2 N–H and O–H groups in total. The van der Waals surface area contributed by atoms with Gasteiger partial charge in [-0.15, -0.1) is 10.1 Å². The molecular formula is C22H31N3O8S. The summed E-state index contributed by atoms with van der Waals surface area (Å²) in [6.07, 6.45) is 2.02. The number of benzene rings is 1. The lowest BCUT2D eigenvalue weighted by Crippen LogP contribution is -2.53. The van der Waals surface area contributed by atoms with E-state index in [1.54, 1.807) is 6.92 Å². The van der Waals surface area contributed by atoms with Crippen LogP contribution in [-0.2, 0) is 30.4 Å². The van der Waals surface area contributed by atoms with Crippen molar-refractivity contribution in [3.8, 4) is 0 Å². The van der Waals surface area contributed by atoms with Crippen molar-refractivity contribution in [3.63, 3.8) is 0 Å². The normalized spacial score (nSPS) is 17.1. The highest BCUT2D eigenvalue weighted by Gasteiger charge is 2.37. The number of nitrogens with zero attached hydrogens (tertiary/aromatic N) is 2. The van der Waals surface area contributed by atoms with E-state index in [0.717, 1.165) is 5.56 Å². The molecule has 0 aromatic heterocycles. The molecule has 1 aliphatic heterocycles. The average molecular weight is 498 g/mol. The largest absolute Gasteiger partial charge is 0.480 e. The first-order valence-corrected chi connectivity index (χ1v) is 12.3. The van der Waals surface area contributed by atoms with Gasteiger partial charge in [-0.05, 0) is 38.2 Å². The summed E-state index contributed by atoms with van der Waals surface area (Å²) in [4.78, 5) is 52.8. The number of aliphatic carboxylic acids is 1. The van der Waals surface area contributed by atoms with Crippen molar-refractivity contribution < 1.29 is 34.2 Å². The van der Waals surface area contributed by atoms with Gasteiger partial charge in [0.2, 0.25) is 5.91 Å². The van der Waals surface area contributed by atoms with Gasteiger partial charge in [0, 0.05) is 18.1 Å². The Balaban J connectivity index is 1.91. The number of hydrogen-bond donors (Lipinski definition) is 2. The fourth-order valence-corrected chi connectivity index (χ4v) is 4.31. The third kappa shape index (κ3) is 9.18. The Kier molecular flexibility index (Phi) is 11.6. The van der Waals surface area contributed by atoms with Crippen molar-refractivity contribution in [1.82, 2.24) is 10.2 Å². The van der Waals surface area contributed by atoms with Gasteiger partial charge in [-0.3, -0.25) is 14.9 Å². The second-order valence-electron chi connectivity index (χ2n) is 7.83. The third-order valence-corrected chi connectivity index (χ3v) is 6.30. The lowest BCUT2D eigenvalue weighted by Gasteiger charge is -2.28. The van der Waals surface area contributed by atoms with Crippen LogP contribution in [-0.4, -0.2) is 82.3 Å². The molecule has 0 aliphatic carbocycles. The lowest BCUT2D eigenvalue weighted by atomic mass is 10.0. The molecule has 3 atom stereocenters. The molecule has 12 heteroatoms. The first-order valence-electron chi connectivity index (χ1n) is 11.1. The van der Waals surface area contributed by atoms with E-state index in [4.69, 9.17) is 4.74 Å². The number of carbonyl (C=O) groups excluding carboxylic acids is 2. The van der Waals surface area contributed by atoms with Gasteiger partial charge in [0.25, 0.3) is 5.09 Å². The maximum Gasteiger partial charge on any atom is 0.326 e. The highest BCUT2D eigenvalue weighted by molar-refractivity contribution is 7.99. The van der Waals surface area contributed by atoms with Gasteiger partial charge < -0.3 is 19.6 Å². The van der Waals surface area contributed by atoms with Crippen LogP contribution in [0.25, 0.3) is 0 Å². The Morgan fingerprint density at radius 3 is 2.65 bits per heavy atom. The highest BCUT2D eigenvalue weighted by Crippen LogP contribution is 2.19. The van der Waals surface area contributed by atoms with Gasteiger partial charge in [0.15, 0.2) is 0 Å². The second-order valence-corrected chi connectivity index (χ2v) is 9.05. The molecule has 1 aliphatic rings. The minimum Gasteiger partial charge on any atom is -0.480 e. The molecule has 0 spiro atoms. The van der Waals surface area contributed by atoms with Crippen LogP contribution in [0, 0.1) is 10.1 Å². The number of carbonyl (C=O) groups is 3. The van der Waals surface area contributed by atoms with Crippen molar-refractivity contribution in [2.45, 2.75) is 50.7 Å². The summed E-state index contributed by atoms with van der Waals surface area (Å²) in [6.45, 7) is 2.06. The predicted molar refractivity (Wildman–Crippen MR) is 125 cm³/mol. The molecule has 1 amide bonds. The standard InChI is InChI=1S/C22H31N3O8S/c1-16(20(26)24-11-5-8-19(24)21(27)28)23-18(10-9-17-6-3-2-4-7-17)22(29)32-12-14-34-15-13-33-25(30)31/h2-4,6-7,16,18-19,23H,5,8-15H2,1H3,(H,27,28). The smallest absolute Gasteiger partial charge is 0.326 e. The molecule has 0 radical (unpaired) electrons. The molecule has 1 fully saturated rings. The number of hydrogen-bond acceptors (Lipinski definition) is 9. The molecule has 2 rings (SSSR count). The van der Waals surface area contributed by atoms with Crippen molar-refractivity contribution in [3.05, 3.63) is 46.0 Å². The van der Waals surface area contributed by atoms with Crippen molar-refractivity contribution in [2.75, 3.05) is 31.3 Å². The Morgan fingerprint density at radius 2 is 1.97 bits per heavy atom. The second kappa shape index (κ2) is 14.4. The van der Waals surface area contributed by atoms with E-state index in [1.807, 2.05) is 30.3 Å². The summed E-state index contributed by atoms with van der Waals surface area (Å²) in [5.74, 6) is -1.06. The monoisotopic (exact) mass is 497 g/mol. The zero-order chi connectivity index (χ0) is 24.9. The van der Waals surface area contributed by atoms with Gasteiger partial charge in [-0.1, -0.05) is 30.3 Å². The molecule has 1 heterocycles. The molecule has 34 heavy (non-hydrogen) atoms. The molecule has 11 nitrogen and oxygen atoms in total. The third-order valence-electron chi connectivity index (χ3n) is 5.39. The molecule has 1 aromatic rings. The fourth-order valence-electron chi connectivity index (χ4n) is 3.71. The van der Waals surface area contributed by atoms with E-state index in [0.29, 0.717) is 43.7 Å². The number of rotatable bonds is 15. The van der Waals surface area contributed by atoms with E-state index in [-0.39, 0.29) is 19.1 Å². The number of esters is 1. The zero-order valence-electron chi connectivity index (χ0n) is 19.1. The number of amides is 1. The molecule has 1 saturated heterocycles. The summed E-state index contributed by atoms with van der Waals surface area (Å²) >= 11 is 1.35. The number of carboxylic acids is 1. The average Bonchev–Trinajstić information content (AvgIpc) is 3.31. The number of nitrogens with one attached hydrogen (secondary N) is 1. The van der Waals surface area contributed by atoms with Crippen LogP contribution in [0.4, 0.5) is 0 Å². The number of carboxylic acid groups (broad SMARTS) is 1. The maximum atomic E-state index is 12.9. The van der Waals surface area contributed by atoms with Crippen LogP contribution in [0.1, 0.15) is 31.7 Å². The first kappa shape index (κ1) is 27.4. The molecule has 0 saturated carbocycles. The Bertz CT molecular complexity index is 826. The molecule has 1 aromatic carbocycles. The first-order chi connectivity index (χ1) is 16.3. The van der Waals surface area contributed by atoms with E-state index < -0.39 is 35.2 Å². The summed E-state index contributed by atoms with van der Waals surface area (Å²) in [6, 6.07) is 7.24. The summed E-state index contributed by atoms with van der Waals surface area (Å²) in [5, 5.41) is 21.7. The minimum atomic E-state index is -1.03. The van der Waals surface area contributed by atoms with Crippen LogP contribution in [0.5, 0.6) is 0 Å².